The van der Waals surface area contributed by atoms with Gasteiger partial charge in [-0.3, -0.25) is 0 Å². The van der Waals surface area contributed by atoms with Crippen molar-refractivity contribution in [1.82, 2.24) is 0 Å². The first-order valence-corrected chi connectivity index (χ1v) is 7.96. The number of benzene rings is 2. The standard InChI is InChI=1S/C19H17NO4.ClH/c1-2-11-12-3-4-15(21)19(24)14(12)9-20-6-5-10-7-16(22)17(23)8-13(10)18(11)20;/h3-4,7-9H,2,5-6H2,1H3,(H3,21,22,23,24);1H. The minimum absolute atomic E-state index is 0. The summed E-state index contributed by atoms with van der Waals surface area (Å²) in [5.74, 6) is -0.498. The molecule has 0 bridgehead atoms. The molecule has 0 atom stereocenters. The molecule has 3 aromatic rings. The number of phenols is 4. The van der Waals surface area contributed by atoms with Gasteiger partial charge in [0.2, 0.25) is 5.69 Å². The molecular weight excluding hydrogens is 342 g/mol. The van der Waals surface area contributed by atoms with Crippen LogP contribution in [0, 0.1) is 0 Å². The lowest BCUT2D eigenvalue weighted by atomic mass is 9.90. The molecule has 0 amide bonds. The zero-order chi connectivity index (χ0) is 17.0. The van der Waals surface area contributed by atoms with Gasteiger partial charge in [0.25, 0.3) is 0 Å². The molecule has 0 saturated heterocycles. The molecular formula is C19H18ClNO4. The Morgan fingerprint density at radius 1 is 0.960 bits per heavy atom. The molecule has 4 rings (SSSR count). The van der Waals surface area contributed by atoms with Gasteiger partial charge in [-0.1, -0.05) is 6.92 Å². The zero-order valence-electron chi connectivity index (χ0n) is 13.6. The van der Waals surface area contributed by atoms with Crippen molar-refractivity contribution in [2.24, 2.45) is 0 Å². The maximum atomic E-state index is 10.2. The van der Waals surface area contributed by atoms with Gasteiger partial charge >= 0.3 is 0 Å². The second kappa shape index (κ2) is 6.01. The molecule has 2 heterocycles. The van der Waals surface area contributed by atoms with E-state index >= 15 is 0 Å². The van der Waals surface area contributed by atoms with Gasteiger partial charge in [0.15, 0.2) is 35.7 Å². The predicted octanol–water partition coefficient (Wildman–Crippen LogP) is -0.261. The largest absolute Gasteiger partial charge is 1.00 e. The van der Waals surface area contributed by atoms with E-state index < -0.39 is 0 Å². The average molecular weight is 360 g/mol. The van der Waals surface area contributed by atoms with Crippen LogP contribution < -0.4 is 17.0 Å². The molecule has 1 aliphatic rings. The molecule has 0 unspecified atom stereocenters. The highest BCUT2D eigenvalue weighted by molar-refractivity contribution is 5.94. The third-order valence-corrected chi connectivity index (χ3v) is 4.81. The van der Waals surface area contributed by atoms with Crippen LogP contribution in [-0.2, 0) is 19.4 Å². The number of phenolic OH excluding ortho intramolecular Hbond substituents is 4. The fourth-order valence-corrected chi connectivity index (χ4v) is 3.65. The van der Waals surface area contributed by atoms with Crippen LogP contribution in [0.3, 0.4) is 0 Å². The molecule has 1 aromatic heterocycles. The lowest BCUT2D eigenvalue weighted by Crippen LogP contribution is -3.00. The highest BCUT2D eigenvalue weighted by Crippen LogP contribution is 2.41. The molecule has 5 nitrogen and oxygen atoms in total. The number of rotatable bonds is 1. The monoisotopic (exact) mass is 359 g/mol. The van der Waals surface area contributed by atoms with E-state index in [1.54, 1.807) is 18.2 Å². The second-order valence-corrected chi connectivity index (χ2v) is 6.15. The Kier molecular flexibility index (Phi) is 4.13. The molecule has 0 aliphatic carbocycles. The molecule has 0 spiro atoms. The quantitative estimate of drug-likeness (QED) is 0.356. The Balaban J connectivity index is 0.00000182. The van der Waals surface area contributed by atoms with Crippen molar-refractivity contribution >= 4 is 10.8 Å². The van der Waals surface area contributed by atoms with E-state index in [9.17, 15) is 20.4 Å². The maximum Gasteiger partial charge on any atom is 0.216 e. The minimum Gasteiger partial charge on any atom is -1.00 e. The van der Waals surface area contributed by atoms with E-state index in [0.717, 1.165) is 40.6 Å². The van der Waals surface area contributed by atoms with Gasteiger partial charge in [-0.05, 0) is 36.2 Å². The van der Waals surface area contributed by atoms with Gasteiger partial charge < -0.3 is 32.8 Å². The molecule has 0 fully saturated rings. The first kappa shape index (κ1) is 17.2. The van der Waals surface area contributed by atoms with Gasteiger partial charge in [-0.15, -0.1) is 0 Å². The van der Waals surface area contributed by atoms with Gasteiger partial charge in [-0.2, -0.15) is 4.57 Å². The van der Waals surface area contributed by atoms with Crippen LogP contribution in [0.15, 0.2) is 30.5 Å². The molecule has 2 aromatic carbocycles. The lowest BCUT2D eigenvalue weighted by molar-refractivity contribution is -0.686. The molecule has 4 N–H and O–H groups in total. The summed E-state index contributed by atoms with van der Waals surface area (Å²) in [4.78, 5) is 0. The minimum atomic E-state index is -0.141. The SMILES string of the molecule is CCc1c2[n+](cc3c(O)c(O)ccc13)CCc1cc(O)c(O)cc1-2.[Cl-]. The highest BCUT2D eigenvalue weighted by Gasteiger charge is 2.29. The average Bonchev–Trinajstić information content (AvgIpc) is 2.57. The van der Waals surface area contributed by atoms with Crippen molar-refractivity contribution in [3.05, 3.63) is 41.6 Å². The molecule has 0 radical (unpaired) electrons. The van der Waals surface area contributed by atoms with Crippen LogP contribution in [-0.4, -0.2) is 20.4 Å². The fraction of sp³-hybridized carbons (Fsp3) is 0.211. The summed E-state index contributed by atoms with van der Waals surface area (Å²) in [5, 5.41) is 41.2. The van der Waals surface area contributed by atoms with Gasteiger partial charge in [-0.25, -0.2) is 0 Å². The summed E-state index contributed by atoms with van der Waals surface area (Å²) < 4.78 is 2.04. The number of halogens is 1. The third-order valence-electron chi connectivity index (χ3n) is 4.81. The predicted molar refractivity (Wildman–Crippen MR) is 89.3 cm³/mol. The summed E-state index contributed by atoms with van der Waals surface area (Å²) in [6.07, 6.45) is 3.29. The number of aromatic hydroxyl groups is 4. The van der Waals surface area contributed by atoms with Crippen molar-refractivity contribution in [2.45, 2.75) is 26.3 Å². The fourth-order valence-electron chi connectivity index (χ4n) is 3.65. The Hall–Kier alpha value is -2.66. The molecule has 25 heavy (non-hydrogen) atoms. The van der Waals surface area contributed by atoms with Crippen molar-refractivity contribution < 1.29 is 37.4 Å². The first-order chi connectivity index (χ1) is 11.5. The number of aromatic nitrogens is 1. The Morgan fingerprint density at radius 3 is 2.40 bits per heavy atom. The van der Waals surface area contributed by atoms with E-state index in [1.165, 1.54) is 6.07 Å². The number of nitrogens with zero attached hydrogens (tertiary/aromatic N) is 1. The number of aryl methyl sites for hydroxylation is 3. The van der Waals surface area contributed by atoms with E-state index in [2.05, 4.69) is 0 Å². The summed E-state index contributed by atoms with van der Waals surface area (Å²) in [7, 11) is 0. The zero-order valence-corrected chi connectivity index (χ0v) is 14.4. The van der Waals surface area contributed by atoms with E-state index in [4.69, 9.17) is 0 Å². The van der Waals surface area contributed by atoms with Crippen molar-refractivity contribution in [3.63, 3.8) is 0 Å². The topological polar surface area (TPSA) is 84.8 Å². The van der Waals surface area contributed by atoms with E-state index in [1.807, 2.05) is 17.7 Å². The maximum absolute atomic E-state index is 10.2. The van der Waals surface area contributed by atoms with Gasteiger partial charge in [0.05, 0.1) is 10.9 Å². The van der Waals surface area contributed by atoms with Crippen molar-refractivity contribution in [1.29, 1.82) is 0 Å². The molecule has 0 saturated carbocycles. The van der Waals surface area contributed by atoms with E-state index in [-0.39, 0.29) is 35.4 Å². The van der Waals surface area contributed by atoms with Crippen LogP contribution in [0.5, 0.6) is 23.0 Å². The van der Waals surface area contributed by atoms with Crippen LogP contribution in [0.4, 0.5) is 0 Å². The lowest BCUT2D eigenvalue weighted by Gasteiger charge is -2.19. The number of fused-ring (bicyclic) bond motifs is 4. The summed E-state index contributed by atoms with van der Waals surface area (Å²) in [5.41, 5.74) is 3.89. The Bertz CT molecular complexity index is 1000. The highest BCUT2D eigenvalue weighted by atomic mass is 35.5. The van der Waals surface area contributed by atoms with Crippen LogP contribution >= 0.6 is 0 Å². The number of hydrogen-bond donors (Lipinski definition) is 4. The van der Waals surface area contributed by atoms with E-state index in [0.29, 0.717) is 11.9 Å². The van der Waals surface area contributed by atoms with Crippen LogP contribution in [0.1, 0.15) is 18.1 Å². The number of pyridine rings is 1. The summed E-state index contributed by atoms with van der Waals surface area (Å²) in [6.45, 7) is 2.73. The molecule has 6 heteroatoms. The normalized spacial score (nSPS) is 12.4. The first-order valence-electron chi connectivity index (χ1n) is 7.96. The second-order valence-electron chi connectivity index (χ2n) is 6.15. The van der Waals surface area contributed by atoms with Crippen molar-refractivity contribution in [3.8, 4) is 34.3 Å². The molecule has 1 aliphatic heterocycles. The van der Waals surface area contributed by atoms with Crippen LogP contribution in [0.25, 0.3) is 22.0 Å². The smallest absolute Gasteiger partial charge is 0.216 e. The van der Waals surface area contributed by atoms with Crippen molar-refractivity contribution in [2.75, 3.05) is 0 Å². The van der Waals surface area contributed by atoms with Gasteiger partial charge in [0.1, 0.15) is 0 Å². The van der Waals surface area contributed by atoms with Crippen LogP contribution in [0.2, 0.25) is 0 Å². The number of hydrogen-bond acceptors (Lipinski definition) is 4. The Labute approximate surface area is 150 Å². The Morgan fingerprint density at radius 2 is 1.68 bits per heavy atom. The third kappa shape index (κ3) is 2.43. The summed E-state index contributed by atoms with van der Waals surface area (Å²) >= 11 is 0. The molecule has 130 valence electrons. The summed E-state index contributed by atoms with van der Waals surface area (Å²) in [6, 6.07) is 6.51. The van der Waals surface area contributed by atoms with Gasteiger partial charge in [0, 0.05) is 17.4 Å².